The van der Waals surface area contributed by atoms with Crippen molar-refractivity contribution in [3.8, 4) is 11.5 Å². The summed E-state index contributed by atoms with van der Waals surface area (Å²) in [5.74, 6) is 0.793. The van der Waals surface area contributed by atoms with Crippen LogP contribution in [-0.2, 0) is 0 Å². The molecular weight excluding hydrogens is 268 g/mol. The van der Waals surface area contributed by atoms with Crippen molar-refractivity contribution in [1.29, 1.82) is 0 Å². The monoisotopic (exact) mass is 284 g/mol. The smallest absolute Gasteiger partial charge is 0.318 e. The Labute approximate surface area is 123 Å². The highest BCUT2D eigenvalue weighted by atomic mass is 16.6. The normalized spacial score (nSPS) is 10.6. The summed E-state index contributed by atoms with van der Waals surface area (Å²) < 4.78 is 5.63. The number of nitro benzene ring substituents is 1. The van der Waals surface area contributed by atoms with Crippen LogP contribution in [0.3, 0.4) is 0 Å². The molecule has 0 N–H and O–H groups in total. The first-order chi connectivity index (χ1) is 10.1. The highest BCUT2D eigenvalue weighted by Gasteiger charge is 2.19. The Balaban J connectivity index is 2.41. The van der Waals surface area contributed by atoms with Crippen molar-refractivity contribution in [3.63, 3.8) is 0 Å². The Bertz CT molecular complexity index is 652. The molecule has 0 amide bonds. The van der Waals surface area contributed by atoms with Gasteiger partial charge in [0.15, 0.2) is 0 Å². The number of nitrogens with zero attached hydrogens (tertiary/aromatic N) is 2. The Morgan fingerprint density at radius 3 is 2.43 bits per heavy atom. The molecule has 0 heterocycles. The maximum absolute atomic E-state index is 11.4. The predicted octanol–water partition coefficient (Wildman–Crippen LogP) is 3.92. The Morgan fingerprint density at radius 1 is 1.10 bits per heavy atom. The van der Waals surface area contributed by atoms with Crippen LogP contribution in [0.4, 0.5) is 5.69 Å². The van der Waals surface area contributed by atoms with Gasteiger partial charge in [0.2, 0.25) is 5.75 Å². The van der Waals surface area contributed by atoms with Crippen LogP contribution in [0, 0.1) is 10.1 Å². The molecule has 108 valence electrons. The fourth-order valence-corrected chi connectivity index (χ4v) is 1.80. The van der Waals surface area contributed by atoms with Crippen LogP contribution >= 0.6 is 0 Å². The van der Waals surface area contributed by atoms with E-state index in [4.69, 9.17) is 4.74 Å². The molecule has 0 aliphatic rings. The first-order valence-electron chi connectivity index (χ1n) is 6.43. The summed E-state index contributed by atoms with van der Waals surface area (Å²) in [6.07, 6.45) is 3.45. The third-order valence-corrected chi connectivity index (χ3v) is 2.74. The highest BCUT2D eigenvalue weighted by molar-refractivity contribution is 5.66. The molecule has 0 spiro atoms. The zero-order chi connectivity index (χ0) is 15.2. The second-order valence-corrected chi connectivity index (χ2v) is 4.65. The number of hydrogen-bond donors (Lipinski definition) is 0. The maximum atomic E-state index is 11.4. The third kappa shape index (κ3) is 3.82. The summed E-state index contributed by atoms with van der Waals surface area (Å²) in [6, 6.07) is 14.0. The van der Waals surface area contributed by atoms with Crippen LogP contribution in [0.5, 0.6) is 11.5 Å². The van der Waals surface area contributed by atoms with Crippen molar-refractivity contribution >= 4 is 11.8 Å². The molecule has 0 bridgehead atoms. The van der Waals surface area contributed by atoms with E-state index in [0.717, 1.165) is 0 Å². The van der Waals surface area contributed by atoms with Crippen LogP contribution in [0.15, 0.2) is 54.7 Å². The molecule has 0 aliphatic heterocycles. The van der Waals surface area contributed by atoms with E-state index in [9.17, 15) is 10.1 Å². The van der Waals surface area contributed by atoms with Crippen LogP contribution in [-0.4, -0.2) is 23.9 Å². The van der Waals surface area contributed by atoms with Gasteiger partial charge in [0, 0.05) is 14.1 Å². The molecule has 2 rings (SSSR count). The van der Waals surface area contributed by atoms with Crippen LogP contribution in [0.1, 0.15) is 5.56 Å². The quantitative estimate of drug-likeness (QED) is 0.617. The standard InChI is InChI=1S/C16H16N2O3/c1-17(2)12-11-13-7-6-10-15(16(13)18(19)20)21-14-8-4-3-5-9-14/h3-12H,1-2H3/b12-11+. The van der Waals surface area contributed by atoms with Gasteiger partial charge in [-0.25, -0.2) is 0 Å². The van der Waals surface area contributed by atoms with Gasteiger partial charge in [-0.2, -0.15) is 0 Å². The van der Waals surface area contributed by atoms with Gasteiger partial charge in [-0.05, 0) is 36.5 Å². The minimum atomic E-state index is -0.423. The van der Waals surface area contributed by atoms with Gasteiger partial charge in [-0.1, -0.05) is 24.3 Å². The number of benzene rings is 2. The van der Waals surface area contributed by atoms with Gasteiger partial charge in [0.25, 0.3) is 0 Å². The first kappa shape index (κ1) is 14.6. The molecule has 5 heteroatoms. The van der Waals surface area contributed by atoms with E-state index in [1.807, 2.05) is 37.2 Å². The van der Waals surface area contributed by atoms with Gasteiger partial charge in [0.05, 0.1) is 10.5 Å². The van der Waals surface area contributed by atoms with E-state index >= 15 is 0 Å². The number of nitro groups is 1. The zero-order valence-electron chi connectivity index (χ0n) is 11.9. The summed E-state index contributed by atoms with van der Waals surface area (Å²) in [4.78, 5) is 12.7. The summed E-state index contributed by atoms with van der Waals surface area (Å²) >= 11 is 0. The van der Waals surface area contributed by atoms with Crippen molar-refractivity contribution in [3.05, 3.63) is 70.4 Å². The summed E-state index contributed by atoms with van der Waals surface area (Å²) in [5, 5.41) is 11.4. The largest absolute Gasteiger partial charge is 0.450 e. The average Bonchev–Trinajstić information content (AvgIpc) is 2.46. The van der Waals surface area contributed by atoms with E-state index in [1.165, 1.54) is 0 Å². The molecule has 0 saturated carbocycles. The Kier molecular flexibility index (Phi) is 4.56. The summed E-state index contributed by atoms with van der Waals surface area (Å²) in [6.45, 7) is 0. The van der Waals surface area contributed by atoms with Crippen molar-refractivity contribution in [1.82, 2.24) is 4.90 Å². The van der Waals surface area contributed by atoms with Gasteiger partial charge in [-0.3, -0.25) is 10.1 Å². The van der Waals surface area contributed by atoms with Crippen molar-refractivity contribution in [2.45, 2.75) is 0 Å². The van der Waals surface area contributed by atoms with E-state index in [2.05, 4.69) is 0 Å². The predicted molar refractivity (Wildman–Crippen MR) is 82.3 cm³/mol. The molecule has 0 saturated heterocycles. The lowest BCUT2D eigenvalue weighted by atomic mass is 10.1. The van der Waals surface area contributed by atoms with Crippen LogP contribution in [0.25, 0.3) is 6.08 Å². The van der Waals surface area contributed by atoms with Gasteiger partial charge in [-0.15, -0.1) is 0 Å². The third-order valence-electron chi connectivity index (χ3n) is 2.74. The molecule has 5 nitrogen and oxygen atoms in total. The van der Waals surface area contributed by atoms with Gasteiger partial charge >= 0.3 is 5.69 Å². The molecular formula is C16H16N2O3. The average molecular weight is 284 g/mol. The lowest BCUT2D eigenvalue weighted by Gasteiger charge is -2.08. The van der Waals surface area contributed by atoms with Crippen LogP contribution < -0.4 is 4.74 Å². The molecule has 0 unspecified atom stereocenters. The molecule has 21 heavy (non-hydrogen) atoms. The molecule has 2 aromatic carbocycles. The molecule has 2 aromatic rings. The molecule has 0 aromatic heterocycles. The number of para-hydroxylation sites is 2. The lowest BCUT2D eigenvalue weighted by Crippen LogP contribution is -2.01. The second-order valence-electron chi connectivity index (χ2n) is 4.65. The molecule has 0 atom stereocenters. The van der Waals surface area contributed by atoms with E-state index in [-0.39, 0.29) is 11.4 Å². The molecule has 0 fully saturated rings. The zero-order valence-corrected chi connectivity index (χ0v) is 11.9. The number of hydrogen-bond acceptors (Lipinski definition) is 4. The fourth-order valence-electron chi connectivity index (χ4n) is 1.80. The topological polar surface area (TPSA) is 55.6 Å². The van der Waals surface area contributed by atoms with Crippen molar-refractivity contribution in [2.24, 2.45) is 0 Å². The minimum absolute atomic E-state index is 0.0422. The van der Waals surface area contributed by atoms with Gasteiger partial charge < -0.3 is 9.64 Å². The Morgan fingerprint density at radius 2 is 1.81 bits per heavy atom. The van der Waals surface area contributed by atoms with Crippen molar-refractivity contribution < 1.29 is 9.66 Å². The van der Waals surface area contributed by atoms with E-state index in [0.29, 0.717) is 11.3 Å². The van der Waals surface area contributed by atoms with E-state index in [1.54, 1.807) is 42.6 Å². The number of ether oxygens (including phenoxy) is 1. The maximum Gasteiger partial charge on any atom is 0.318 e. The highest BCUT2D eigenvalue weighted by Crippen LogP contribution is 2.34. The minimum Gasteiger partial charge on any atom is -0.450 e. The van der Waals surface area contributed by atoms with E-state index < -0.39 is 4.92 Å². The summed E-state index contributed by atoms with van der Waals surface area (Å²) in [7, 11) is 3.71. The molecule has 0 aliphatic carbocycles. The van der Waals surface area contributed by atoms with Crippen LogP contribution in [0.2, 0.25) is 0 Å². The summed E-state index contributed by atoms with van der Waals surface area (Å²) in [5.41, 5.74) is 0.460. The Hall–Kier alpha value is -2.82. The second kappa shape index (κ2) is 6.56. The molecule has 0 radical (unpaired) electrons. The SMILES string of the molecule is CN(C)/C=C/c1cccc(Oc2ccccc2)c1[N+](=O)[O-]. The van der Waals surface area contributed by atoms with Gasteiger partial charge in [0.1, 0.15) is 5.75 Å². The first-order valence-corrected chi connectivity index (χ1v) is 6.43. The fraction of sp³-hybridized carbons (Fsp3) is 0.125. The lowest BCUT2D eigenvalue weighted by molar-refractivity contribution is -0.385. The van der Waals surface area contributed by atoms with Crippen molar-refractivity contribution in [2.75, 3.05) is 14.1 Å². The number of rotatable bonds is 5.